The summed E-state index contributed by atoms with van der Waals surface area (Å²) in [7, 11) is 0. The van der Waals surface area contributed by atoms with E-state index in [2.05, 4.69) is 44.5 Å². The molecule has 6 nitrogen and oxygen atoms in total. The maximum Gasteiger partial charge on any atom is 0.259 e. The Balaban J connectivity index is 1.29. The fraction of sp³-hybridized carbons (Fsp3) is 0.259. The number of nitrogens with one attached hydrogen (secondary N) is 1. The van der Waals surface area contributed by atoms with E-state index in [0.717, 1.165) is 49.5 Å². The highest BCUT2D eigenvalue weighted by atomic mass is 16.1. The highest BCUT2D eigenvalue weighted by Crippen LogP contribution is 2.27. The van der Waals surface area contributed by atoms with Crippen molar-refractivity contribution in [1.29, 1.82) is 0 Å². The molecular formula is C27H27N5O. The van der Waals surface area contributed by atoms with Crippen molar-refractivity contribution in [1.82, 2.24) is 19.9 Å². The topological polar surface area (TPSA) is 71.0 Å². The third-order valence-corrected chi connectivity index (χ3v) is 6.26. The maximum absolute atomic E-state index is 12.7. The Bertz CT molecular complexity index is 1270. The molecule has 5 rings (SSSR count). The zero-order valence-corrected chi connectivity index (χ0v) is 18.7. The number of aryl methyl sites for hydroxylation is 1. The molecule has 1 aliphatic rings. The molecule has 1 amide bonds. The van der Waals surface area contributed by atoms with Gasteiger partial charge in [-0.2, -0.15) is 0 Å². The van der Waals surface area contributed by atoms with Crippen molar-refractivity contribution < 1.29 is 4.79 Å². The number of benzene rings is 2. The lowest BCUT2D eigenvalue weighted by molar-refractivity contribution is 0.102. The van der Waals surface area contributed by atoms with Crippen LogP contribution in [-0.4, -0.2) is 38.8 Å². The van der Waals surface area contributed by atoms with Crippen molar-refractivity contribution in [3.8, 4) is 0 Å². The number of carbonyl (C=O) groups excluding carboxylic acids is 1. The molecule has 4 aromatic rings. The quantitative estimate of drug-likeness (QED) is 0.478. The molecule has 1 N–H and O–H groups in total. The smallest absolute Gasteiger partial charge is 0.259 e. The van der Waals surface area contributed by atoms with Crippen molar-refractivity contribution in [3.05, 3.63) is 95.7 Å². The number of nitrogens with zero attached hydrogens (tertiary/aromatic N) is 4. The number of rotatable bonds is 5. The average Bonchev–Trinajstić information content (AvgIpc) is 2.85. The molecule has 1 saturated heterocycles. The molecular weight excluding hydrogens is 410 g/mol. The number of piperidine rings is 1. The SMILES string of the molecule is Cc1nc([C@H]2CCCN(Cc3cccc4cccnc34)C2)ncc1C(=O)Nc1ccccc1. The van der Waals surface area contributed by atoms with Crippen molar-refractivity contribution in [2.45, 2.75) is 32.2 Å². The van der Waals surface area contributed by atoms with E-state index in [1.807, 2.05) is 49.5 Å². The van der Waals surface area contributed by atoms with Gasteiger partial charge in [-0.1, -0.05) is 42.5 Å². The molecule has 1 fully saturated rings. The predicted octanol–water partition coefficient (Wildman–Crippen LogP) is 4.97. The number of hydrogen-bond donors (Lipinski definition) is 1. The lowest BCUT2D eigenvalue weighted by atomic mass is 9.96. The minimum Gasteiger partial charge on any atom is -0.322 e. The van der Waals surface area contributed by atoms with Gasteiger partial charge in [0.15, 0.2) is 0 Å². The summed E-state index contributed by atoms with van der Waals surface area (Å²) in [4.78, 5) is 29.1. The van der Waals surface area contributed by atoms with Crippen LogP contribution < -0.4 is 5.32 Å². The first-order chi connectivity index (χ1) is 16.2. The Morgan fingerprint density at radius 2 is 1.91 bits per heavy atom. The normalized spacial score (nSPS) is 16.6. The van der Waals surface area contributed by atoms with Gasteiger partial charge in [0.2, 0.25) is 0 Å². The highest BCUT2D eigenvalue weighted by molar-refractivity contribution is 6.04. The zero-order chi connectivity index (χ0) is 22.6. The summed E-state index contributed by atoms with van der Waals surface area (Å²) >= 11 is 0. The number of amides is 1. The van der Waals surface area contributed by atoms with Gasteiger partial charge in [-0.25, -0.2) is 9.97 Å². The van der Waals surface area contributed by atoms with Crippen LogP contribution in [0.3, 0.4) is 0 Å². The molecule has 1 aliphatic heterocycles. The number of pyridine rings is 1. The maximum atomic E-state index is 12.7. The van der Waals surface area contributed by atoms with Gasteiger partial charge in [0.25, 0.3) is 5.91 Å². The molecule has 33 heavy (non-hydrogen) atoms. The first-order valence-corrected chi connectivity index (χ1v) is 11.4. The lowest BCUT2D eigenvalue weighted by Gasteiger charge is -2.32. The second kappa shape index (κ2) is 9.46. The molecule has 0 bridgehead atoms. The first kappa shape index (κ1) is 21.2. The molecule has 6 heteroatoms. The molecule has 0 radical (unpaired) electrons. The van der Waals surface area contributed by atoms with E-state index in [1.54, 1.807) is 6.20 Å². The first-order valence-electron chi connectivity index (χ1n) is 11.4. The van der Waals surface area contributed by atoms with Crippen LogP contribution in [0.25, 0.3) is 10.9 Å². The van der Waals surface area contributed by atoms with Crippen molar-refractivity contribution in [2.24, 2.45) is 0 Å². The average molecular weight is 438 g/mol. The number of aromatic nitrogens is 3. The number of carbonyl (C=O) groups is 1. The van der Waals surface area contributed by atoms with E-state index in [0.29, 0.717) is 11.3 Å². The van der Waals surface area contributed by atoms with Crippen LogP contribution >= 0.6 is 0 Å². The van der Waals surface area contributed by atoms with Gasteiger partial charge in [0, 0.05) is 42.5 Å². The van der Waals surface area contributed by atoms with E-state index in [1.165, 1.54) is 10.9 Å². The predicted molar refractivity (Wildman–Crippen MR) is 130 cm³/mol. The summed E-state index contributed by atoms with van der Waals surface area (Å²) < 4.78 is 0. The second-order valence-corrected chi connectivity index (χ2v) is 8.61. The third kappa shape index (κ3) is 4.76. The van der Waals surface area contributed by atoms with Crippen LogP contribution in [0.4, 0.5) is 5.69 Å². The number of para-hydroxylation sites is 2. The largest absolute Gasteiger partial charge is 0.322 e. The Morgan fingerprint density at radius 1 is 1.06 bits per heavy atom. The summed E-state index contributed by atoms with van der Waals surface area (Å²) in [6, 6.07) is 19.9. The molecule has 166 valence electrons. The van der Waals surface area contributed by atoms with Crippen molar-refractivity contribution in [3.63, 3.8) is 0 Å². The van der Waals surface area contributed by atoms with E-state index < -0.39 is 0 Å². The Kier molecular flexibility index (Phi) is 6.09. The standard InChI is InChI=1S/C27H27N5O/c1-19-24(27(33)31-23-12-3-2-4-13-23)16-29-26(30-19)22-11-7-15-32(18-22)17-21-9-5-8-20-10-6-14-28-25(20)21/h2-6,8-10,12-14,16,22H,7,11,15,17-18H2,1H3,(H,31,33)/t22-/m0/s1. The van der Waals surface area contributed by atoms with E-state index in [9.17, 15) is 4.79 Å². The van der Waals surface area contributed by atoms with Crippen LogP contribution in [0.5, 0.6) is 0 Å². The summed E-state index contributed by atoms with van der Waals surface area (Å²) in [5.41, 5.74) is 4.31. The molecule has 2 aromatic heterocycles. The Morgan fingerprint density at radius 3 is 2.76 bits per heavy atom. The fourth-order valence-electron chi connectivity index (χ4n) is 4.57. The van der Waals surface area contributed by atoms with Crippen LogP contribution in [0.15, 0.2) is 73.1 Å². The van der Waals surface area contributed by atoms with Gasteiger partial charge in [-0.15, -0.1) is 0 Å². The molecule has 0 unspecified atom stereocenters. The van der Waals surface area contributed by atoms with Gasteiger partial charge in [-0.05, 0) is 50.1 Å². The molecule has 0 aliphatic carbocycles. The minimum atomic E-state index is -0.182. The monoisotopic (exact) mass is 437 g/mol. The molecule has 1 atom stereocenters. The number of hydrogen-bond acceptors (Lipinski definition) is 5. The molecule has 0 spiro atoms. The summed E-state index contributed by atoms with van der Waals surface area (Å²) in [6.45, 7) is 4.70. The molecule has 2 aromatic carbocycles. The molecule has 3 heterocycles. The van der Waals surface area contributed by atoms with E-state index >= 15 is 0 Å². The number of fused-ring (bicyclic) bond motifs is 1. The number of likely N-dealkylation sites (tertiary alicyclic amines) is 1. The van der Waals surface area contributed by atoms with Gasteiger partial charge in [0.05, 0.1) is 16.8 Å². The Labute approximate surface area is 193 Å². The highest BCUT2D eigenvalue weighted by Gasteiger charge is 2.25. The van der Waals surface area contributed by atoms with E-state index in [4.69, 9.17) is 4.98 Å². The van der Waals surface area contributed by atoms with Crippen LogP contribution in [0.1, 0.15) is 46.2 Å². The Hall–Kier alpha value is -3.64. The summed E-state index contributed by atoms with van der Waals surface area (Å²) in [6.07, 6.45) is 5.68. The summed E-state index contributed by atoms with van der Waals surface area (Å²) in [5, 5.41) is 4.09. The van der Waals surface area contributed by atoms with E-state index in [-0.39, 0.29) is 11.8 Å². The van der Waals surface area contributed by atoms with Crippen molar-refractivity contribution in [2.75, 3.05) is 18.4 Å². The zero-order valence-electron chi connectivity index (χ0n) is 18.7. The minimum absolute atomic E-state index is 0.182. The van der Waals surface area contributed by atoms with Gasteiger partial charge in [-0.3, -0.25) is 14.7 Å². The van der Waals surface area contributed by atoms with Gasteiger partial charge >= 0.3 is 0 Å². The van der Waals surface area contributed by atoms with Crippen LogP contribution in [-0.2, 0) is 6.54 Å². The van der Waals surface area contributed by atoms with Crippen molar-refractivity contribution >= 4 is 22.5 Å². The van der Waals surface area contributed by atoms with Gasteiger partial charge < -0.3 is 5.32 Å². The summed E-state index contributed by atoms with van der Waals surface area (Å²) in [5.74, 6) is 0.898. The lowest BCUT2D eigenvalue weighted by Crippen LogP contribution is -2.34. The second-order valence-electron chi connectivity index (χ2n) is 8.61. The van der Waals surface area contributed by atoms with Gasteiger partial charge in [0.1, 0.15) is 5.82 Å². The fourth-order valence-corrected chi connectivity index (χ4v) is 4.57. The van der Waals surface area contributed by atoms with Crippen LogP contribution in [0.2, 0.25) is 0 Å². The molecule has 0 saturated carbocycles. The third-order valence-electron chi connectivity index (χ3n) is 6.26. The number of anilines is 1. The van der Waals surface area contributed by atoms with Crippen LogP contribution in [0, 0.1) is 6.92 Å².